The van der Waals surface area contributed by atoms with Crippen LogP contribution in [0.15, 0.2) is 49.1 Å². The number of unbranched alkanes of at least 4 members (excludes halogenated alkanes) is 1. The lowest BCUT2D eigenvalue weighted by molar-refractivity contribution is 0.0274. The van der Waals surface area contributed by atoms with Gasteiger partial charge in [-0.1, -0.05) is 96.0 Å². The molecule has 0 aliphatic carbocycles. The first-order valence-electron chi connectivity index (χ1n) is 10.3. The first-order chi connectivity index (χ1) is 12.7. The highest BCUT2D eigenvalue weighted by molar-refractivity contribution is 5.77. The second-order valence-corrected chi connectivity index (χ2v) is 6.31. The maximum absolute atomic E-state index is 6.24. The fourth-order valence-corrected chi connectivity index (χ4v) is 2.89. The van der Waals surface area contributed by atoms with E-state index in [-0.39, 0.29) is 0 Å². The van der Waals surface area contributed by atoms with E-state index in [1.165, 1.54) is 42.4 Å². The number of ether oxygens (including phenoxy) is 1. The van der Waals surface area contributed by atoms with Crippen molar-refractivity contribution in [2.45, 2.75) is 86.4 Å². The molecule has 0 saturated carbocycles. The monoisotopic (exact) mass is 356 g/mol. The number of allylic oxidation sites excluding steroid dienone is 5. The highest BCUT2D eigenvalue weighted by Crippen LogP contribution is 2.24. The number of hydrogen-bond acceptors (Lipinski definition) is 1. The molecule has 0 saturated heterocycles. The maximum atomic E-state index is 6.24. The van der Waals surface area contributed by atoms with Crippen molar-refractivity contribution < 1.29 is 4.74 Å². The summed E-state index contributed by atoms with van der Waals surface area (Å²) in [5.74, 6) is 0. The fourth-order valence-electron chi connectivity index (χ4n) is 2.89. The van der Waals surface area contributed by atoms with Gasteiger partial charge in [0.1, 0.15) is 0 Å². The van der Waals surface area contributed by atoms with Crippen LogP contribution >= 0.6 is 0 Å². The number of rotatable bonds is 11. The van der Waals surface area contributed by atoms with Crippen molar-refractivity contribution in [3.8, 4) is 0 Å². The topological polar surface area (TPSA) is 9.23 Å². The van der Waals surface area contributed by atoms with Gasteiger partial charge in [0.2, 0.25) is 0 Å². The average Bonchev–Trinajstić information content (AvgIpc) is 2.68. The van der Waals surface area contributed by atoms with Crippen molar-refractivity contribution in [3.05, 3.63) is 65.8 Å². The van der Waals surface area contributed by atoms with Crippen molar-refractivity contribution in [2.75, 3.05) is 0 Å². The summed E-state index contributed by atoms with van der Waals surface area (Å²) in [6, 6.07) is 6.46. The van der Waals surface area contributed by atoms with E-state index in [2.05, 4.69) is 57.7 Å². The van der Waals surface area contributed by atoms with Crippen molar-refractivity contribution in [1.82, 2.24) is 0 Å². The van der Waals surface area contributed by atoms with Crippen LogP contribution in [0.1, 0.15) is 83.4 Å². The summed E-state index contributed by atoms with van der Waals surface area (Å²) in [7, 11) is 0. The first-order valence-corrected chi connectivity index (χ1v) is 10.3. The zero-order chi connectivity index (χ0) is 19.8. The van der Waals surface area contributed by atoms with E-state index >= 15 is 0 Å². The van der Waals surface area contributed by atoms with Gasteiger partial charge in [-0.3, -0.25) is 0 Å². The molecule has 1 rings (SSSR count). The minimum atomic E-state index is 0.385. The Morgan fingerprint density at radius 1 is 1.15 bits per heavy atom. The SMILES string of the molecule is C=C/C(=C\C=C/C)c1cccc(COC(CCC)CCCC)c1C.CC. The zero-order valence-corrected chi connectivity index (χ0v) is 18.0. The number of hydrogen-bond donors (Lipinski definition) is 0. The molecule has 1 nitrogen and oxygen atoms in total. The molecule has 0 radical (unpaired) electrons. The van der Waals surface area contributed by atoms with Crippen molar-refractivity contribution in [2.24, 2.45) is 0 Å². The molecule has 1 atom stereocenters. The van der Waals surface area contributed by atoms with Crippen LogP contribution in [0.4, 0.5) is 0 Å². The molecule has 0 N–H and O–H groups in total. The molecule has 0 spiro atoms. The third kappa shape index (κ3) is 8.67. The third-order valence-corrected chi connectivity index (χ3v) is 4.41. The Kier molecular flexibility index (Phi) is 14.7. The molecular weight excluding hydrogens is 316 g/mol. The standard InChI is InChI=1S/C23H34O.C2H6/c1-6-10-14-20(9-4)23-17-12-15-21(19(23)5)18-24-22(13-8-3)16-11-7-2;1-2/h6,9-10,12,14-15,17,22H,4,7-8,11,13,16,18H2,1-3,5H3;1-2H3/b10-6-,20-14+;. The quantitative estimate of drug-likeness (QED) is 0.364. The molecule has 0 bridgehead atoms. The predicted molar refractivity (Wildman–Crippen MR) is 119 cm³/mol. The van der Waals surface area contributed by atoms with Gasteiger partial charge >= 0.3 is 0 Å². The molecule has 0 amide bonds. The Balaban J connectivity index is 0.00000301. The summed E-state index contributed by atoms with van der Waals surface area (Å²) in [4.78, 5) is 0. The molecule has 1 unspecified atom stereocenters. The van der Waals surface area contributed by atoms with Gasteiger partial charge in [-0.25, -0.2) is 0 Å². The summed E-state index contributed by atoms with van der Waals surface area (Å²) in [6.07, 6.45) is 14.5. The second-order valence-electron chi connectivity index (χ2n) is 6.31. The van der Waals surface area contributed by atoms with Gasteiger partial charge in [0.25, 0.3) is 0 Å². The molecule has 1 heteroatoms. The van der Waals surface area contributed by atoms with Crippen LogP contribution in [-0.2, 0) is 11.3 Å². The van der Waals surface area contributed by atoms with Crippen molar-refractivity contribution in [3.63, 3.8) is 0 Å². The zero-order valence-electron chi connectivity index (χ0n) is 18.0. The highest BCUT2D eigenvalue weighted by atomic mass is 16.5. The lowest BCUT2D eigenvalue weighted by Crippen LogP contribution is -2.13. The van der Waals surface area contributed by atoms with E-state index in [4.69, 9.17) is 4.74 Å². The fraction of sp³-hybridized carbons (Fsp3) is 0.520. The summed E-state index contributed by atoms with van der Waals surface area (Å²) < 4.78 is 6.24. The van der Waals surface area contributed by atoms with Gasteiger partial charge in [0.15, 0.2) is 0 Å². The summed E-state index contributed by atoms with van der Waals surface area (Å²) >= 11 is 0. The van der Waals surface area contributed by atoms with Crippen LogP contribution < -0.4 is 0 Å². The first kappa shape index (κ1) is 24.4. The van der Waals surface area contributed by atoms with Gasteiger partial charge < -0.3 is 4.74 Å². The minimum Gasteiger partial charge on any atom is -0.374 e. The Bertz CT molecular complexity index is 551. The van der Waals surface area contributed by atoms with Crippen LogP contribution in [0.2, 0.25) is 0 Å². The molecule has 146 valence electrons. The van der Waals surface area contributed by atoms with E-state index in [0.29, 0.717) is 12.7 Å². The Morgan fingerprint density at radius 2 is 1.88 bits per heavy atom. The highest BCUT2D eigenvalue weighted by Gasteiger charge is 2.11. The molecule has 0 aliphatic rings. The van der Waals surface area contributed by atoms with E-state index in [1.807, 2.05) is 32.9 Å². The van der Waals surface area contributed by atoms with Gasteiger partial charge in [-0.05, 0) is 49.0 Å². The third-order valence-electron chi connectivity index (χ3n) is 4.41. The molecule has 1 aromatic carbocycles. The molecular formula is C25H40O. The molecule has 0 aliphatic heterocycles. The van der Waals surface area contributed by atoms with Crippen LogP contribution in [-0.4, -0.2) is 6.10 Å². The van der Waals surface area contributed by atoms with Crippen molar-refractivity contribution in [1.29, 1.82) is 0 Å². The van der Waals surface area contributed by atoms with Crippen LogP contribution in [0.3, 0.4) is 0 Å². The van der Waals surface area contributed by atoms with Crippen molar-refractivity contribution >= 4 is 5.57 Å². The normalized spacial score (nSPS) is 12.6. The summed E-state index contributed by atoms with van der Waals surface area (Å²) in [6.45, 7) is 17.3. The van der Waals surface area contributed by atoms with Gasteiger partial charge in [-0.2, -0.15) is 0 Å². The summed E-state index contributed by atoms with van der Waals surface area (Å²) in [5.41, 5.74) is 4.96. The molecule has 26 heavy (non-hydrogen) atoms. The van der Waals surface area contributed by atoms with Crippen LogP contribution in [0.5, 0.6) is 0 Å². The average molecular weight is 357 g/mol. The Labute approximate surface area is 162 Å². The molecule has 0 fully saturated rings. The minimum absolute atomic E-state index is 0.385. The van der Waals surface area contributed by atoms with E-state index in [0.717, 1.165) is 12.0 Å². The van der Waals surface area contributed by atoms with E-state index < -0.39 is 0 Å². The van der Waals surface area contributed by atoms with Crippen LogP contribution in [0, 0.1) is 6.92 Å². The maximum Gasteiger partial charge on any atom is 0.0723 e. The molecule has 0 heterocycles. The van der Waals surface area contributed by atoms with E-state index in [1.54, 1.807) is 0 Å². The van der Waals surface area contributed by atoms with Gasteiger partial charge in [0.05, 0.1) is 12.7 Å². The predicted octanol–water partition coefficient (Wildman–Crippen LogP) is 8.04. The number of benzene rings is 1. The Hall–Kier alpha value is -1.60. The van der Waals surface area contributed by atoms with Crippen LogP contribution in [0.25, 0.3) is 5.57 Å². The Morgan fingerprint density at radius 3 is 2.46 bits per heavy atom. The lowest BCUT2D eigenvalue weighted by atomic mass is 9.96. The lowest BCUT2D eigenvalue weighted by Gasteiger charge is -2.19. The second kappa shape index (κ2) is 15.6. The smallest absolute Gasteiger partial charge is 0.0723 e. The van der Waals surface area contributed by atoms with Gasteiger partial charge in [0, 0.05) is 0 Å². The molecule has 1 aromatic rings. The summed E-state index contributed by atoms with van der Waals surface area (Å²) in [5, 5.41) is 0. The largest absolute Gasteiger partial charge is 0.374 e. The van der Waals surface area contributed by atoms with E-state index in [9.17, 15) is 0 Å². The van der Waals surface area contributed by atoms with Gasteiger partial charge in [-0.15, -0.1) is 0 Å². The molecule has 0 aromatic heterocycles.